The standard InChI is InChI=1S/C20H21IN2O3/c1-4-10-26-19-17(21)11-15(12-18(19)25-5-2)13-22-23-20(24)16-9-7-6-8-14(16)3/h4,6-9,11-13H,1,5,10H2,2-3H3,(H,23,24)/b22-13+. The van der Waals surface area contributed by atoms with E-state index in [4.69, 9.17) is 9.47 Å². The molecule has 2 aromatic rings. The Kier molecular flexibility index (Phi) is 7.65. The van der Waals surface area contributed by atoms with Gasteiger partial charge in [-0.2, -0.15) is 5.10 Å². The van der Waals surface area contributed by atoms with Gasteiger partial charge in [0, 0.05) is 5.56 Å². The normalized spacial score (nSPS) is 10.6. The third kappa shape index (κ3) is 5.32. The van der Waals surface area contributed by atoms with Crippen LogP contribution in [-0.2, 0) is 0 Å². The van der Waals surface area contributed by atoms with Crippen LogP contribution in [-0.4, -0.2) is 25.3 Å². The van der Waals surface area contributed by atoms with E-state index in [1.807, 2.05) is 44.2 Å². The number of benzene rings is 2. The molecule has 136 valence electrons. The minimum atomic E-state index is -0.245. The number of ether oxygens (including phenoxy) is 2. The molecular formula is C20H21IN2O3. The summed E-state index contributed by atoms with van der Waals surface area (Å²) in [5, 5.41) is 4.05. The van der Waals surface area contributed by atoms with Crippen LogP contribution >= 0.6 is 22.6 Å². The van der Waals surface area contributed by atoms with Crippen molar-refractivity contribution >= 4 is 34.7 Å². The lowest BCUT2D eigenvalue weighted by atomic mass is 10.1. The Morgan fingerprint density at radius 3 is 2.77 bits per heavy atom. The zero-order valence-electron chi connectivity index (χ0n) is 14.8. The molecule has 26 heavy (non-hydrogen) atoms. The SMILES string of the molecule is C=CCOc1c(I)cc(/C=N/NC(=O)c2ccccc2C)cc1OCC. The highest BCUT2D eigenvalue weighted by atomic mass is 127. The van der Waals surface area contributed by atoms with Gasteiger partial charge in [-0.05, 0) is 65.8 Å². The molecule has 0 radical (unpaired) electrons. The summed E-state index contributed by atoms with van der Waals surface area (Å²) in [6, 6.07) is 11.1. The second-order valence-electron chi connectivity index (χ2n) is 5.38. The highest BCUT2D eigenvalue weighted by molar-refractivity contribution is 14.1. The lowest BCUT2D eigenvalue weighted by Crippen LogP contribution is -2.18. The minimum absolute atomic E-state index is 0.245. The zero-order valence-corrected chi connectivity index (χ0v) is 16.9. The number of hydrogen-bond donors (Lipinski definition) is 1. The average Bonchev–Trinajstić information content (AvgIpc) is 2.61. The molecule has 0 aliphatic rings. The lowest BCUT2D eigenvalue weighted by molar-refractivity contribution is 0.0954. The first-order valence-electron chi connectivity index (χ1n) is 8.15. The molecule has 0 saturated heterocycles. The van der Waals surface area contributed by atoms with E-state index in [2.05, 4.69) is 39.7 Å². The Morgan fingerprint density at radius 2 is 2.08 bits per heavy atom. The maximum Gasteiger partial charge on any atom is 0.271 e. The fourth-order valence-corrected chi connectivity index (χ4v) is 3.04. The lowest BCUT2D eigenvalue weighted by Gasteiger charge is -2.13. The van der Waals surface area contributed by atoms with Crippen molar-refractivity contribution in [2.75, 3.05) is 13.2 Å². The monoisotopic (exact) mass is 464 g/mol. The molecule has 0 saturated carbocycles. The summed E-state index contributed by atoms with van der Waals surface area (Å²) < 4.78 is 12.2. The van der Waals surface area contributed by atoms with E-state index in [1.165, 1.54) is 0 Å². The summed E-state index contributed by atoms with van der Waals surface area (Å²) >= 11 is 2.18. The third-order valence-electron chi connectivity index (χ3n) is 3.45. The first kappa shape index (κ1) is 20.0. The minimum Gasteiger partial charge on any atom is -0.490 e. The predicted molar refractivity (Wildman–Crippen MR) is 112 cm³/mol. The van der Waals surface area contributed by atoms with Crippen LogP contribution in [0.3, 0.4) is 0 Å². The van der Waals surface area contributed by atoms with Gasteiger partial charge >= 0.3 is 0 Å². The second kappa shape index (κ2) is 9.96. The van der Waals surface area contributed by atoms with E-state index in [1.54, 1.807) is 18.4 Å². The van der Waals surface area contributed by atoms with E-state index in [0.717, 1.165) is 14.7 Å². The number of carbonyl (C=O) groups is 1. The van der Waals surface area contributed by atoms with E-state index >= 15 is 0 Å². The molecule has 2 aromatic carbocycles. The van der Waals surface area contributed by atoms with Gasteiger partial charge < -0.3 is 9.47 Å². The number of nitrogens with zero attached hydrogens (tertiary/aromatic N) is 1. The van der Waals surface area contributed by atoms with Gasteiger partial charge in [0.2, 0.25) is 0 Å². The highest BCUT2D eigenvalue weighted by Crippen LogP contribution is 2.33. The van der Waals surface area contributed by atoms with Gasteiger partial charge in [-0.3, -0.25) is 4.79 Å². The number of hydrazone groups is 1. The molecule has 0 aliphatic heterocycles. The summed E-state index contributed by atoms with van der Waals surface area (Å²) in [6.45, 7) is 8.37. The molecule has 0 fully saturated rings. The molecule has 1 amide bonds. The van der Waals surface area contributed by atoms with E-state index in [-0.39, 0.29) is 5.91 Å². The van der Waals surface area contributed by atoms with Gasteiger partial charge in [0.25, 0.3) is 5.91 Å². The van der Waals surface area contributed by atoms with Crippen molar-refractivity contribution in [2.45, 2.75) is 13.8 Å². The molecule has 0 bridgehead atoms. The van der Waals surface area contributed by atoms with E-state index < -0.39 is 0 Å². The first-order chi connectivity index (χ1) is 12.6. The quantitative estimate of drug-likeness (QED) is 0.274. The van der Waals surface area contributed by atoms with Crippen LogP contribution in [0.25, 0.3) is 0 Å². The van der Waals surface area contributed by atoms with Crippen molar-refractivity contribution in [3.63, 3.8) is 0 Å². The van der Waals surface area contributed by atoms with Gasteiger partial charge in [-0.25, -0.2) is 5.43 Å². The van der Waals surface area contributed by atoms with Crippen LogP contribution in [0.4, 0.5) is 0 Å². The zero-order chi connectivity index (χ0) is 18.9. The van der Waals surface area contributed by atoms with Crippen molar-refractivity contribution in [2.24, 2.45) is 5.10 Å². The van der Waals surface area contributed by atoms with Gasteiger partial charge in [0.05, 0.1) is 16.4 Å². The first-order valence-corrected chi connectivity index (χ1v) is 9.23. The average molecular weight is 464 g/mol. The largest absolute Gasteiger partial charge is 0.490 e. The number of rotatable bonds is 8. The summed E-state index contributed by atoms with van der Waals surface area (Å²) in [6.07, 6.45) is 3.26. The molecule has 0 aliphatic carbocycles. The van der Waals surface area contributed by atoms with E-state index in [9.17, 15) is 4.79 Å². The number of amides is 1. The van der Waals surface area contributed by atoms with E-state index in [0.29, 0.717) is 30.3 Å². The Labute approximate surface area is 167 Å². The van der Waals surface area contributed by atoms with Crippen LogP contribution in [0.15, 0.2) is 54.2 Å². The van der Waals surface area contributed by atoms with Crippen LogP contribution in [0.5, 0.6) is 11.5 Å². The summed E-state index contributed by atoms with van der Waals surface area (Å²) in [5.41, 5.74) is 4.85. The smallest absolute Gasteiger partial charge is 0.271 e. The van der Waals surface area contributed by atoms with Crippen LogP contribution < -0.4 is 14.9 Å². The predicted octanol–water partition coefficient (Wildman–Crippen LogP) is 4.33. The maximum absolute atomic E-state index is 12.2. The van der Waals surface area contributed by atoms with Gasteiger partial charge in [-0.15, -0.1) is 0 Å². The molecule has 0 heterocycles. The number of carbonyl (C=O) groups excluding carboxylic acids is 1. The van der Waals surface area contributed by atoms with Crippen molar-refractivity contribution in [3.05, 3.63) is 69.3 Å². The molecule has 0 aromatic heterocycles. The van der Waals surface area contributed by atoms with Crippen molar-refractivity contribution in [1.82, 2.24) is 5.43 Å². The molecule has 0 unspecified atom stereocenters. The number of nitrogens with one attached hydrogen (secondary N) is 1. The number of halogens is 1. The van der Waals surface area contributed by atoms with Gasteiger partial charge in [-0.1, -0.05) is 30.9 Å². The second-order valence-corrected chi connectivity index (χ2v) is 6.54. The Morgan fingerprint density at radius 1 is 1.31 bits per heavy atom. The summed E-state index contributed by atoms with van der Waals surface area (Å²) in [7, 11) is 0. The third-order valence-corrected chi connectivity index (χ3v) is 4.25. The van der Waals surface area contributed by atoms with Crippen LogP contribution in [0, 0.1) is 10.5 Å². The van der Waals surface area contributed by atoms with Crippen molar-refractivity contribution in [3.8, 4) is 11.5 Å². The van der Waals surface area contributed by atoms with Gasteiger partial charge in [0.15, 0.2) is 11.5 Å². The summed E-state index contributed by atoms with van der Waals surface area (Å²) in [5.74, 6) is 1.06. The molecular weight excluding hydrogens is 443 g/mol. The van der Waals surface area contributed by atoms with Crippen molar-refractivity contribution < 1.29 is 14.3 Å². The molecule has 6 heteroatoms. The maximum atomic E-state index is 12.2. The molecule has 0 atom stereocenters. The molecule has 1 N–H and O–H groups in total. The molecule has 2 rings (SSSR count). The molecule has 0 spiro atoms. The Balaban J connectivity index is 2.15. The number of hydrogen-bond acceptors (Lipinski definition) is 4. The summed E-state index contributed by atoms with van der Waals surface area (Å²) in [4.78, 5) is 12.2. The highest BCUT2D eigenvalue weighted by Gasteiger charge is 2.11. The fraction of sp³-hybridized carbons (Fsp3) is 0.200. The van der Waals surface area contributed by atoms with Gasteiger partial charge in [0.1, 0.15) is 6.61 Å². The van der Waals surface area contributed by atoms with Crippen molar-refractivity contribution in [1.29, 1.82) is 0 Å². The fourth-order valence-electron chi connectivity index (χ4n) is 2.26. The van der Waals surface area contributed by atoms with Crippen LogP contribution in [0.2, 0.25) is 0 Å². The Hall–Kier alpha value is -2.35. The Bertz CT molecular complexity index is 819. The number of aryl methyl sites for hydroxylation is 1. The topological polar surface area (TPSA) is 59.9 Å². The molecule has 5 nitrogen and oxygen atoms in total. The van der Waals surface area contributed by atoms with Crippen LogP contribution in [0.1, 0.15) is 28.4 Å².